The third kappa shape index (κ3) is 7.18. The number of methoxy groups -OCH3 is 2. The Morgan fingerprint density at radius 2 is 1.75 bits per heavy atom. The molecule has 0 fully saturated rings. The fraction of sp³-hybridized carbons (Fsp3) is 0.250. The number of hydrazone groups is 1. The topological polar surface area (TPSA) is 138 Å². The Balaban J connectivity index is 1.99. The van der Waals surface area contributed by atoms with Gasteiger partial charge in [-0.1, -0.05) is 12.1 Å². The molecule has 0 heterocycles. The van der Waals surface area contributed by atoms with Gasteiger partial charge in [-0.25, -0.2) is 13.1 Å². The minimum atomic E-state index is -3.79. The number of sulfonamides is 1. The monoisotopic (exact) mass is 480 g/mol. The number of carboxylic acid groups (broad SMARTS) is 1. The van der Waals surface area contributed by atoms with Crippen molar-refractivity contribution >= 4 is 44.7 Å². The van der Waals surface area contributed by atoms with E-state index >= 15 is 0 Å². The van der Waals surface area contributed by atoms with Crippen molar-refractivity contribution in [2.45, 2.75) is 18.2 Å². The lowest BCUT2D eigenvalue weighted by molar-refractivity contribution is -0.136. The van der Waals surface area contributed by atoms with Gasteiger partial charge in [0.15, 0.2) is 16.6 Å². The van der Waals surface area contributed by atoms with E-state index in [1.54, 1.807) is 44.4 Å². The summed E-state index contributed by atoms with van der Waals surface area (Å²) in [6, 6.07) is 11.3. The summed E-state index contributed by atoms with van der Waals surface area (Å²) in [7, 11) is -0.704. The first-order chi connectivity index (χ1) is 15.2. The van der Waals surface area contributed by atoms with Gasteiger partial charge in [0.1, 0.15) is 0 Å². The summed E-state index contributed by atoms with van der Waals surface area (Å²) < 4.78 is 37.0. The standard InChI is InChI=1S/C20H24N4O6S2/c1-13(14-4-7-16(8-5-14)32(27,28)21-11-10-19(25)26)23-24-20(31)22-15-6-9-17(29-2)18(12-15)30-3/h4-9,12,21H,10-11H2,1-3H3,(H,25,26)(H2,22,24,31)/b23-13-. The van der Waals surface area contributed by atoms with Gasteiger partial charge in [0.25, 0.3) is 0 Å². The van der Waals surface area contributed by atoms with Crippen LogP contribution in [-0.4, -0.2) is 51.1 Å². The number of anilines is 1. The Morgan fingerprint density at radius 3 is 2.34 bits per heavy atom. The summed E-state index contributed by atoms with van der Waals surface area (Å²) in [5.41, 5.74) is 4.66. The van der Waals surface area contributed by atoms with Gasteiger partial charge >= 0.3 is 5.97 Å². The molecular weight excluding hydrogens is 456 g/mol. The van der Waals surface area contributed by atoms with Crippen molar-refractivity contribution in [3.8, 4) is 11.5 Å². The normalized spacial score (nSPS) is 11.5. The van der Waals surface area contributed by atoms with Crippen LogP contribution in [0.4, 0.5) is 5.69 Å². The lowest BCUT2D eigenvalue weighted by Gasteiger charge is -2.12. The van der Waals surface area contributed by atoms with E-state index in [9.17, 15) is 13.2 Å². The van der Waals surface area contributed by atoms with Crippen molar-refractivity contribution in [1.82, 2.24) is 10.1 Å². The first-order valence-electron chi connectivity index (χ1n) is 9.31. The quantitative estimate of drug-likeness (QED) is 0.229. The maximum atomic E-state index is 12.2. The van der Waals surface area contributed by atoms with Gasteiger partial charge in [-0.05, 0) is 49.0 Å². The Hall–Kier alpha value is -3.22. The van der Waals surface area contributed by atoms with Crippen LogP contribution in [0.25, 0.3) is 0 Å². The number of carbonyl (C=O) groups is 1. The molecule has 2 aromatic rings. The summed E-state index contributed by atoms with van der Waals surface area (Å²) in [6.45, 7) is 1.55. The number of carboxylic acids is 1. The molecule has 0 aromatic heterocycles. The van der Waals surface area contributed by atoms with Gasteiger partial charge in [-0.15, -0.1) is 0 Å². The van der Waals surface area contributed by atoms with Crippen molar-refractivity contribution < 1.29 is 27.8 Å². The van der Waals surface area contributed by atoms with Crippen LogP contribution in [0, 0.1) is 0 Å². The second kappa shape index (κ2) is 11.4. The molecule has 172 valence electrons. The van der Waals surface area contributed by atoms with E-state index in [2.05, 4.69) is 20.6 Å². The SMILES string of the molecule is COc1ccc(NC(=S)N/N=C(/C)c2ccc(S(=O)(=O)NCCC(=O)O)cc2)cc1OC. The molecule has 0 aliphatic heterocycles. The Kier molecular flexibility index (Phi) is 8.93. The second-order valence-electron chi connectivity index (χ2n) is 6.40. The number of hydrogen-bond donors (Lipinski definition) is 4. The third-order valence-electron chi connectivity index (χ3n) is 4.18. The van der Waals surface area contributed by atoms with E-state index in [1.807, 2.05) is 0 Å². The number of nitrogens with one attached hydrogen (secondary N) is 3. The van der Waals surface area contributed by atoms with Gasteiger partial charge in [-0.2, -0.15) is 5.10 Å². The van der Waals surface area contributed by atoms with E-state index < -0.39 is 16.0 Å². The molecule has 4 N–H and O–H groups in total. The van der Waals surface area contributed by atoms with Crippen molar-refractivity contribution in [1.29, 1.82) is 0 Å². The highest BCUT2D eigenvalue weighted by atomic mass is 32.2. The minimum absolute atomic E-state index is 0.0260. The van der Waals surface area contributed by atoms with Crippen molar-refractivity contribution in [3.63, 3.8) is 0 Å². The average molecular weight is 481 g/mol. The number of hydrogen-bond acceptors (Lipinski definition) is 7. The zero-order chi connectivity index (χ0) is 23.7. The fourth-order valence-corrected chi connectivity index (χ4v) is 3.72. The highest BCUT2D eigenvalue weighted by Crippen LogP contribution is 2.29. The Bertz CT molecular complexity index is 1100. The number of benzene rings is 2. The molecule has 0 bridgehead atoms. The number of ether oxygens (including phenoxy) is 2. The summed E-state index contributed by atoms with van der Waals surface area (Å²) >= 11 is 5.24. The van der Waals surface area contributed by atoms with Crippen LogP contribution in [0.5, 0.6) is 11.5 Å². The van der Waals surface area contributed by atoms with Crippen molar-refractivity contribution in [2.24, 2.45) is 5.10 Å². The lowest BCUT2D eigenvalue weighted by atomic mass is 10.1. The second-order valence-corrected chi connectivity index (χ2v) is 8.57. The predicted octanol–water partition coefficient (Wildman–Crippen LogP) is 2.17. The van der Waals surface area contributed by atoms with Crippen LogP contribution in [-0.2, 0) is 14.8 Å². The minimum Gasteiger partial charge on any atom is -0.493 e. The number of thiocarbonyl (C=S) groups is 1. The molecule has 2 rings (SSSR count). The van der Waals surface area contributed by atoms with Crippen LogP contribution >= 0.6 is 12.2 Å². The van der Waals surface area contributed by atoms with Crippen LogP contribution in [0.1, 0.15) is 18.9 Å². The summed E-state index contributed by atoms with van der Waals surface area (Å²) in [6.07, 6.45) is -0.300. The highest BCUT2D eigenvalue weighted by molar-refractivity contribution is 7.89. The first-order valence-corrected chi connectivity index (χ1v) is 11.2. The van der Waals surface area contributed by atoms with Gasteiger partial charge < -0.3 is 19.9 Å². The van der Waals surface area contributed by atoms with Gasteiger partial charge in [-0.3, -0.25) is 10.2 Å². The van der Waals surface area contributed by atoms with Gasteiger partial charge in [0.2, 0.25) is 10.0 Å². The Labute approximate surface area is 191 Å². The molecule has 0 spiro atoms. The van der Waals surface area contributed by atoms with E-state index in [4.69, 9.17) is 26.8 Å². The molecule has 32 heavy (non-hydrogen) atoms. The third-order valence-corrected chi connectivity index (χ3v) is 5.85. The predicted molar refractivity (Wildman–Crippen MR) is 125 cm³/mol. The summed E-state index contributed by atoms with van der Waals surface area (Å²) in [4.78, 5) is 10.6. The maximum Gasteiger partial charge on any atom is 0.304 e. The van der Waals surface area contributed by atoms with Gasteiger partial charge in [0.05, 0.1) is 31.2 Å². The van der Waals surface area contributed by atoms with Crippen LogP contribution in [0.15, 0.2) is 52.5 Å². The maximum absolute atomic E-state index is 12.2. The van der Waals surface area contributed by atoms with Crippen LogP contribution in [0.3, 0.4) is 0 Å². The molecule has 0 saturated heterocycles. The molecule has 10 nitrogen and oxygen atoms in total. The van der Waals surface area contributed by atoms with E-state index in [0.29, 0.717) is 28.5 Å². The smallest absolute Gasteiger partial charge is 0.304 e. The van der Waals surface area contributed by atoms with Gasteiger partial charge in [0, 0.05) is 18.3 Å². The zero-order valence-corrected chi connectivity index (χ0v) is 19.3. The molecule has 0 saturated carbocycles. The fourth-order valence-electron chi connectivity index (χ4n) is 2.52. The zero-order valence-electron chi connectivity index (χ0n) is 17.7. The molecule has 0 atom stereocenters. The molecule has 2 aromatic carbocycles. The number of rotatable bonds is 10. The van der Waals surface area contributed by atoms with Crippen molar-refractivity contribution in [3.05, 3.63) is 48.0 Å². The van der Waals surface area contributed by atoms with Crippen molar-refractivity contribution in [2.75, 3.05) is 26.1 Å². The van der Waals surface area contributed by atoms with E-state index in [-0.39, 0.29) is 23.0 Å². The molecule has 0 amide bonds. The molecule has 0 aliphatic carbocycles. The highest BCUT2D eigenvalue weighted by Gasteiger charge is 2.14. The Morgan fingerprint density at radius 1 is 1.09 bits per heavy atom. The molecule has 12 heteroatoms. The summed E-state index contributed by atoms with van der Waals surface area (Å²) in [5.74, 6) is 0.0572. The average Bonchev–Trinajstić information content (AvgIpc) is 2.77. The molecule has 0 aliphatic rings. The molecule has 0 unspecified atom stereocenters. The summed E-state index contributed by atoms with van der Waals surface area (Å²) in [5, 5.41) is 16.0. The first kappa shape index (κ1) is 25.0. The number of nitrogens with zero attached hydrogens (tertiary/aromatic N) is 1. The molecular formula is C20H24N4O6S2. The number of aliphatic carboxylic acids is 1. The molecule has 0 radical (unpaired) electrons. The van der Waals surface area contributed by atoms with Crippen LogP contribution < -0.4 is 24.9 Å². The largest absolute Gasteiger partial charge is 0.493 e. The van der Waals surface area contributed by atoms with Crippen LogP contribution in [0.2, 0.25) is 0 Å². The lowest BCUT2D eigenvalue weighted by Crippen LogP contribution is -2.26. The van der Waals surface area contributed by atoms with E-state index in [1.165, 1.54) is 19.2 Å². The van der Waals surface area contributed by atoms with E-state index in [0.717, 1.165) is 0 Å².